The van der Waals surface area contributed by atoms with Gasteiger partial charge in [0.15, 0.2) is 0 Å². The average Bonchev–Trinajstić information content (AvgIpc) is 2.29. The van der Waals surface area contributed by atoms with Crippen molar-refractivity contribution in [2.45, 2.75) is 37.8 Å². The smallest absolute Gasteiger partial charge is 0.166 e. The first-order chi connectivity index (χ1) is 7.92. The van der Waals surface area contributed by atoms with E-state index >= 15 is 0 Å². The summed E-state index contributed by atoms with van der Waals surface area (Å²) in [6, 6.07) is 5.67. The molecule has 2 rings (SSSR count). The lowest BCUT2D eigenvalue weighted by Gasteiger charge is -2.30. The van der Waals surface area contributed by atoms with E-state index in [9.17, 15) is 13.2 Å². The normalized spacial score (nSPS) is 24.9. The summed E-state index contributed by atoms with van der Waals surface area (Å²) in [4.78, 5) is 0. The van der Waals surface area contributed by atoms with Gasteiger partial charge in [-0.25, -0.2) is 0 Å². The van der Waals surface area contributed by atoms with E-state index in [1.807, 2.05) is 13.0 Å². The topological polar surface area (TPSA) is 0 Å². The van der Waals surface area contributed by atoms with Crippen molar-refractivity contribution in [2.24, 2.45) is 0 Å². The summed E-state index contributed by atoms with van der Waals surface area (Å²) in [5, 5.41) is 0. The average molecular weight is 240 g/mol. The maximum atomic E-state index is 12.6. The zero-order valence-corrected chi connectivity index (χ0v) is 9.72. The maximum absolute atomic E-state index is 12.6. The van der Waals surface area contributed by atoms with Gasteiger partial charge in [-0.1, -0.05) is 37.3 Å². The summed E-state index contributed by atoms with van der Waals surface area (Å²) in [7, 11) is 0. The van der Waals surface area contributed by atoms with Crippen molar-refractivity contribution < 1.29 is 13.2 Å². The fourth-order valence-electron chi connectivity index (χ4n) is 2.31. The summed E-state index contributed by atoms with van der Waals surface area (Å²) in [5.41, 5.74) is -0.0575. The number of halogens is 3. The molecule has 0 aliphatic heterocycles. The fourth-order valence-corrected chi connectivity index (χ4v) is 2.31. The Kier molecular flexibility index (Phi) is 3.02. The van der Waals surface area contributed by atoms with Crippen molar-refractivity contribution >= 4 is 0 Å². The lowest BCUT2D eigenvalue weighted by Crippen LogP contribution is -2.21. The van der Waals surface area contributed by atoms with E-state index in [1.165, 1.54) is 12.1 Å². The summed E-state index contributed by atoms with van der Waals surface area (Å²) < 4.78 is 37.9. The molecule has 0 N–H and O–H groups in total. The van der Waals surface area contributed by atoms with E-state index in [1.54, 1.807) is 6.07 Å². The molecule has 3 heteroatoms. The van der Waals surface area contributed by atoms with Gasteiger partial charge in [0.05, 0.1) is 5.56 Å². The van der Waals surface area contributed by atoms with Crippen LogP contribution in [0.3, 0.4) is 0 Å². The minimum atomic E-state index is -4.26. The van der Waals surface area contributed by atoms with Gasteiger partial charge in [-0.3, -0.25) is 0 Å². The molecule has 0 radical (unpaired) electrons. The highest BCUT2D eigenvalue weighted by atomic mass is 19.4. The molecule has 1 aliphatic rings. The molecule has 1 aromatic carbocycles. The van der Waals surface area contributed by atoms with Crippen LogP contribution in [-0.2, 0) is 11.6 Å². The highest BCUT2D eigenvalue weighted by molar-refractivity contribution is 5.35. The summed E-state index contributed by atoms with van der Waals surface area (Å²) in [6.45, 7) is 2.00. The second-order valence-electron chi connectivity index (χ2n) is 4.79. The standard InChI is InChI=1S/C14H15F3/c1-13(8-3-2-4-9-13)11-6-5-7-12(10-11)14(15,16)17/h3,5-8,10H,2,4,9H2,1H3. The van der Waals surface area contributed by atoms with Crippen LogP contribution in [0.2, 0.25) is 0 Å². The van der Waals surface area contributed by atoms with E-state index < -0.39 is 11.7 Å². The maximum Gasteiger partial charge on any atom is 0.416 e. The number of hydrogen-bond acceptors (Lipinski definition) is 0. The largest absolute Gasteiger partial charge is 0.416 e. The Labute approximate surface area is 99.2 Å². The van der Waals surface area contributed by atoms with Gasteiger partial charge in [0, 0.05) is 5.41 Å². The molecule has 17 heavy (non-hydrogen) atoms. The zero-order valence-electron chi connectivity index (χ0n) is 9.72. The number of allylic oxidation sites excluding steroid dienone is 2. The monoisotopic (exact) mass is 240 g/mol. The van der Waals surface area contributed by atoms with Crippen molar-refractivity contribution in [3.8, 4) is 0 Å². The quantitative estimate of drug-likeness (QED) is 0.624. The van der Waals surface area contributed by atoms with Crippen LogP contribution >= 0.6 is 0 Å². The van der Waals surface area contributed by atoms with Gasteiger partial charge in [0.1, 0.15) is 0 Å². The number of benzene rings is 1. The second kappa shape index (κ2) is 4.21. The Hall–Kier alpha value is -1.25. The van der Waals surface area contributed by atoms with Crippen molar-refractivity contribution in [3.05, 3.63) is 47.5 Å². The molecule has 1 aromatic rings. The van der Waals surface area contributed by atoms with Crippen molar-refractivity contribution in [1.29, 1.82) is 0 Å². The van der Waals surface area contributed by atoms with E-state index in [-0.39, 0.29) is 5.41 Å². The lowest BCUT2D eigenvalue weighted by molar-refractivity contribution is -0.137. The van der Waals surface area contributed by atoms with Crippen LogP contribution in [0.5, 0.6) is 0 Å². The molecule has 1 aliphatic carbocycles. The van der Waals surface area contributed by atoms with E-state index in [0.717, 1.165) is 30.9 Å². The van der Waals surface area contributed by atoms with Crippen LogP contribution in [0.15, 0.2) is 36.4 Å². The second-order valence-corrected chi connectivity index (χ2v) is 4.79. The van der Waals surface area contributed by atoms with Crippen molar-refractivity contribution in [3.63, 3.8) is 0 Å². The Balaban J connectivity index is 2.39. The minimum absolute atomic E-state index is 0.250. The van der Waals surface area contributed by atoms with Gasteiger partial charge in [-0.05, 0) is 30.9 Å². The summed E-state index contributed by atoms with van der Waals surface area (Å²) >= 11 is 0. The fraction of sp³-hybridized carbons (Fsp3) is 0.429. The zero-order chi connectivity index (χ0) is 12.5. The molecule has 0 aromatic heterocycles. The Bertz CT molecular complexity index is 431. The molecule has 1 atom stereocenters. The van der Waals surface area contributed by atoms with Crippen molar-refractivity contribution in [2.75, 3.05) is 0 Å². The molecule has 1 unspecified atom stereocenters. The molecule has 0 saturated carbocycles. The van der Waals surface area contributed by atoms with E-state index in [4.69, 9.17) is 0 Å². The molecule has 0 bridgehead atoms. The SMILES string of the molecule is CC1(c2cccc(C(F)(F)F)c2)C=CCCC1. The number of hydrogen-bond donors (Lipinski definition) is 0. The van der Waals surface area contributed by atoms with Gasteiger partial charge in [-0.15, -0.1) is 0 Å². The van der Waals surface area contributed by atoms with Crippen LogP contribution in [0, 0.1) is 0 Å². The Morgan fingerprint density at radius 3 is 2.59 bits per heavy atom. The van der Waals surface area contributed by atoms with Gasteiger partial charge < -0.3 is 0 Å². The Morgan fingerprint density at radius 2 is 2.00 bits per heavy atom. The van der Waals surface area contributed by atoms with Gasteiger partial charge in [-0.2, -0.15) is 13.2 Å². The first-order valence-corrected chi connectivity index (χ1v) is 5.77. The Morgan fingerprint density at radius 1 is 1.24 bits per heavy atom. The van der Waals surface area contributed by atoms with Crippen LogP contribution in [0.4, 0.5) is 13.2 Å². The predicted molar refractivity (Wildman–Crippen MR) is 61.8 cm³/mol. The molecule has 0 fully saturated rings. The molecule has 92 valence electrons. The molecule has 0 amide bonds. The molecule has 0 heterocycles. The molecule has 0 saturated heterocycles. The van der Waals surface area contributed by atoms with Crippen LogP contribution in [0.1, 0.15) is 37.3 Å². The molecular weight excluding hydrogens is 225 g/mol. The minimum Gasteiger partial charge on any atom is -0.166 e. The van der Waals surface area contributed by atoms with Crippen LogP contribution in [0.25, 0.3) is 0 Å². The molecule has 0 nitrogen and oxygen atoms in total. The third-order valence-corrected chi connectivity index (χ3v) is 3.40. The number of rotatable bonds is 1. The number of alkyl halides is 3. The van der Waals surface area contributed by atoms with Gasteiger partial charge in [0.25, 0.3) is 0 Å². The first-order valence-electron chi connectivity index (χ1n) is 5.77. The van der Waals surface area contributed by atoms with E-state index in [0.29, 0.717) is 0 Å². The molecular formula is C14H15F3. The highest BCUT2D eigenvalue weighted by Crippen LogP contribution is 2.37. The molecule has 0 spiro atoms. The van der Waals surface area contributed by atoms with E-state index in [2.05, 4.69) is 6.08 Å². The summed E-state index contributed by atoms with van der Waals surface area (Å²) in [6.07, 6.45) is 2.79. The third kappa shape index (κ3) is 2.54. The van der Waals surface area contributed by atoms with Crippen LogP contribution < -0.4 is 0 Å². The van der Waals surface area contributed by atoms with Gasteiger partial charge in [0.2, 0.25) is 0 Å². The highest BCUT2D eigenvalue weighted by Gasteiger charge is 2.32. The van der Waals surface area contributed by atoms with Crippen molar-refractivity contribution in [1.82, 2.24) is 0 Å². The predicted octanol–water partition coefficient (Wildman–Crippen LogP) is 4.70. The summed E-state index contributed by atoms with van der Waals surface area (Å²) in [5.74, 6) is 0. The van der Waals surface area contributed by atoms with Crippen LogP contribution in [-0.4, -0.2) is 0 Å². The van der Waals surface area contributed by atoms with Gasteiger partial charge >= 0.3 is 6.18 Å². The lowest BCUT2D eigenvalue weighted by atomic mass is 9.75. The third-order valence-electron chi connectivity index (χ3n) is 3.40. The first kappa shape index (κ1) is 12.2.